The average molecular weight is 249 g/mol. The number of aliphatic hydroxyl groups excluding tert-OH is 1. The van der Waals surface area contributed by atoms with E-state index in [-0.39, 0.29) is 17.7 Å². The van der Waals surface area contributed by atoms with Gasteiger partial charge in [0.25, 0.3) is 5.56 Å². The number of rotatable bonds is 2. The van der Waals surface area contributed by atoms with Gasteiger partial charge < -0.3 is 10.4 Å². The lowest BCUT2D eigenvalue weighted by Gasteiger charge is -2.28. The van der Waals surface area contributed by atoms with Gasteiger partial charge in [-0.05, 0) is 18.9 Å². The maximum atomic E-state index is 11.5. The van der Waals surface area contributed by atoms with Gasteiger partial charge in [0.05, 0.1) is 18.3 Å². The molecule has 0 spiro atoms. The Kier molecular flexibility index (Phi) is 2.75. The highest BCUT2D eigenvalue weighted by Crippen LogP contribution is 2.21. The van der Waals surface area contributed by atoms with Crippen LogP contribution in [0.5, 0.6) is 0 Å². The molecule has 1 aliphatic rings. The summed E-state index contributed by atoms with van der Waals surface area (Å²) in [5.74, 6) is 0.459. The first-order valence-electron chi connectivity index (χ1n) is 6.13. The molecule has 1 fully saturated rings. The number of fused-ring (bicyclic) bond motifs is 1. The van der Waals surface area contributed by atoms with Gasteiger partial charge in [-0.15, -0.1) is 5.10 Å². The van der Waals surface area contributed by atoms with Crippen molar-refractivity contribution < 1.29 is 5.11 Å². The molecule has 1 saturated carbocycles. The highest BCUT2D eigenvalue weighted by Gasteiger charge is 2.24. The van der Waals surface area contributed by atoms with E-state index in [1.54, 1.807) is 12.3 Å². The van der Waals surface area contributed by atoms with Gasteiger partial charge in [-0.1, -0.05) is 12.8 Å². The highest BCUT2D eigenvalue weighted by atomic mass is 16.3. The molecule has 2 aromatic heterocycles. The smallest absolute Gasteiger partial charge is 0.290 e. The molecule has 2 atom stereocenters. The summed E-state index contributed by atoms with van der Waals surface area (Å²) < 4.78 is 1.46. The minimum atomic E-state index is -0.377. The lowest BCUT2D eigenvalue weighted by Crippen LogP contribution is -2.37. The molecule has 1 aliphatic carbocycles. The Balaban J connectivity index is 1.92. The molecular formula is C11H15N5O2. The van der Waals surface area contributed by atoms with Crippen molar-refractivity contribution in [1.29, 1.82) is 0 Å². The van der Waals surface area contributed by atoms with Crippen molar-refractivity contribution in [3.63, 3.8) is 0 Å². The zero-order valence-corrected chi connectivity index (χ0v) is 9.83. The molecule has 18 heavy (non-hydrogen) atoms. The third kappa shape index (κ3) is 1.86. The highest BCUT2D eigenvalue weighted by molar-refractivity contribution is 5.47. The molecule has 0 amide bonds. The fraction of sp³-hybridized carbons (Fsp3) is 0.545. The SMILES string of the molecule is O=c1[nH]nc(N[C@@H]2CCCC[C@H]2O)n2nccc12. The number of nitrogens with zero attached hydrogens (tertiary/aromatic N) is 3. The van der Waals surface area contributed by atoms with Crippen LogP contribution >= 0.6 is 0 Å². The van der Waals surface area contributed by atoms with Gasteiger partial charge in [-0.25, -0.2) is 5.10 Å². The molecule has 3 N–H and O–H groups in total. The molecule has 2 heterocycles. The van der Waals surface area contributed by atoms with Crippen LogP contribution in [0, 0.1) is 0 Å². The topological polar surface area (TPSA) is 95.3 Å². The van der Waals surface area contributed by atoms with Crippen molar-refractivity contribution in [1.82, 2.24) is 19.8 Å². The summed E-state index contributed by atoms with van der Waals surface area (Å²) in [6.07, 6.45) is 5.00. The molecule has 0 saturated heterocycles. The predicted octanol–water partition coefficient (Wildman–Crippen LogP) is 0.133. The fourth-order valence-corrected chi connectivity index (χ4v) is 2.39. The zero-order valence-electron chi connectivity index (χ0n) is 9.83. The van der Waals surface area contributed by atoms with Crippen LogP contribution in [0.1, 0.15) is 25.7 Å². The van der Waals surface area contributed by atoms with Crippen LogP contribution in [-0.4, -0.2) is 37.1 Å². The quantitative estimate of drug-likeness (QED) is 0.703. The third-order valence-electron chi connectivity index (χ3n) is 3.38. The largest absolute Gasteiger partial charge is 0.391 e. The summed E-state index contributed by atoms with van der Waals surface area (Å²) in [7, 11) is 0. The molecule has 96 valence electrons. The lowest BCUT2D eigenvalue weighted by atomic mass is 9.93. The first-order chi connectivity index (χ1) is 8.75. The van der Waals surface area contributed by atoms with Gasteiger partial charge in [0, 0.05) is 0 Å². The number of aliphatic hydroxyl groups is 1. The first kappa shape index (κ1) is 11.2. The number of H-pyrrole nitrogens is 1. The normalized spacial score (nSPS) is 24.3. The summed E-state index contributed by atoms with van der Waals surface area (Å²) in [6.45, 7) is 0. The number of aromatic amines is 1. The Morgan fingerprint density at radius 2 is 2.28 bits per heavy atom. The molecule has 7 nitrogen and oxygen atoms in total. The molecule has 0 bridgehead atoms. The van der Waals surface area contributed by atoms with Gasteiger partial charge in [0.1, 0.15) is 5.52 Å². The van der Waals surface area contributed by atoms with Crippen molar-refractivity contribution in [2.45, 2.75) is 37.8 Å². The van der Waals surface area contributed by atoms with E-state index >= 15 is 0 Å². The van der Waals surface area contributed by atoms with E-state index in [9.17, 15) is 9.90 Å². The van der Waals surface area contributed by atoms with Gasteiger partial charge in [-0.3, -0.25) is 4.79 Å². The number of hydrogen-bond donors (Lipinski definition) is 3. The first-order valence-corrected chi connectivity index (χ1v) is 6.13. The molecule has 0 aliphatic heterocycles. The number of nitrogens with one attached hydrogen (secondary N) is 2. The molecule has 7 heteroatoms. The zero-order chi connectivity index (χ0) is 12.5. The number of hydrogen-bond acceptors (Lipinski definition) is 5. The van der Waals surface area contributed by atoms with Gasteiger partial charge in [0.2, 0.25) is 5.95 Å². The van der Waals surface area contributed by atoms with Crippen LogP contribution in [0.25, 0.3) is 5.52 Å². The third-order valence-corrected chi connectivity index (χ3v) is 3.38. The van der Waals surface area contributed by atoms with E-state index < -0.39 is 0 Å². The second kappa shape index (κ2) is 4.41. The fourth-order valence-electron chi connectivity index (χ4n) is 2.39. The summed E-state index contributed by atoms with van der Waals surface area (Å²) in [4.78, 5) is 11.5. The lowest BCUT2D eigenvalue weighted by molar-refractivity contribution is 0.116. The van der Waals surface area contributed by atoms with Crippen molar-refractivity contribution in [2.24, 2.45) is 0 Å². The Hall–Kier alpha value is -1.89. The number of anilines is 1. The number of aromatic nitrogens is 4. The Labute approximate surface area is 103 Å². The molecule has 0 unspecified atom stereocenters. The maximum Gasteiger partial charge on any atom is 0.290 e. The van der Waals surface area contributed by atoms with E-state index in [4.69, 9.17) is 0 Å². The van der Waals surface area contributed by atoms with Crippen molar-refractivity contribution in [2.75, 3.05) is 5.32 Å². The summed E-state index contributed by atoms with van der Waals surface area (Å²) in [5, 5.41) is 23.5. The Morgan fingerprint density at radius 3 is 3.11 bits per heavy atom. The summed E-state index contributed by atoms with van der Waals surface area (Å²) >= 11 is 0. The van der Waals surface area contributed by atoms with Gasteiger partial charge in [0.15, 0.2) is 0 Å². The standard InChI is InChI=1S/C11H15N5O2/c17-9-4-2-1-3-7(9)13-11-15-14-10(18)8-5-6-12-16(8)11/h5-7,9,17H,1-4H2,(H,13,15)(H,14,18)/t7-,9-/m1/s1. The van der Waals surface area contributed by atoms with E-state index in [1.165, 1.54) is 4.52 Å². The van der Waals surface area contributed by atoms with E-state index in [1.807, 2.05) is 0 Å². The van der Waals surface area contributed by atoms with Crippen molar-refractivity contribution in [3.8, 4) is 0 Å². The van der Waals surface area contributed by atoms with Crippen LogP contribution in [0.2, 0.25) is 0 Å². The van der Waals surface area contributed by atoms with Crippen LogP contribution < -0.4 is 10.9 Å². The van der Waals surface area contributed by atoms with Gasteiger partial charge in [-0.2, -0.15) is 9.61 Å². The molecular weight excluding hydrogens is 234 g/mol. The summed E-state index contributed by atoms with van der Waals surface area (Å²) in [6, 6.07) is 1.59. The molecule has 2 aromatic rings. The van der Waals surface area contributed by atoms with E-state index in [2.05, 4.69) is 20.6 Å². The van der Waals surface area contributed by atoms with Crippen LogP contribution in [-0.2, 0) is 0 Å². The Bertz CT molecular complexity index is 605. The van der Waals surface area contributed by atoms with Crippen molar-refractivity contribution >= 4 is 11.5 Å². The Morgan fingerprint density at radius 1 is 1.44 bits per heavy atom. The van der Waals surface area contributed by atoms with E-state index in [0.717, 1.165) is 25.7 Å². The van der Waals surface area contributed by atoms with Crippen molar-refractivity contribution in [3.05, 3.63) is 22.6 Å². The minimum absolute atomic E-state index is 0.0375. The second-order valence-corrected chi connectivity index (χ2v) is 4.61. The monoisotopic (exact) mass is 249 g/mol. The van der Waals surface area contributed by atoms with E-state index in [0.29, 0.717) is 11.5 Å². The minimum Gasteiger partial charge on any atom is -0.391 e. The average Bonchev–Trinajstić information content (AvgIpc) is 2.85. The van der Waals surface area contributed by atoms with Crippen LogP contribution in [0.3, 0.4) is 0 Å². The van der Waals surface area contributed by atoms with Crippen LogP contribution in [0.4, 0.5) is 5.95 Å². The predicted molar refractivity (Wildman–Crippen MR) is 65.5 cm³/mol. The van der Waals surface area contributed by atoms with Gasteiger partial charge >= 0.3 is 0 Å². The van der Waals surface area contributed by atoms with Crippen LogP contribution in [0.15, 0.2) is 17.1 Å². The molecule has 0 aromatic carbocycles. The molecule has 3 rings (SSSR count). The second-order valence-electron chi connectivity index (χ2n) is 4.61. The summed E-state index contributed by atoms with van der Waals surface area (Å²) in [5.41, 5.74) is 0.167. The molecule has 0 radical (unpaired) electrons. The maximum absolute atomic E-state index is 11.5.